The molecule has 0 saturated heterocycles. The van der Waals surface area contributed by atoms with Crippen LogP contribution in [0.2, 0.25) is 0 Å². The van der Waals surface area contributed by atoms with Crippen molar-refractivity contribution in [3.63, 3.8) is 0 Å². The van der Waals surface area contributed by atoms with Crippen molar-refractivity contribution in [3.05, 3.63) is 56.3 Å². The standard InChI is InChI=1S/C17H21NOS/c1-4-18-17(16-7-11(2)20-12(16)3)13-5-6-14-9-19-10-15(14)8-13/h5-8,17-18H,4,9-10H2,1-3H3. The average Bonchev–Trinajstić information content (AvgIpc) is 3.01. The van der Waals surface area contributed by atoms with Gasteiger partial charge < -0.3 is 10.1 Å². The van der Waals surface area contributed by atoms with Crippen molar-refractivity contribution in [2.75, 3.05) is 6.54 Å². The SMILES string of the molecule is CCNC(c1ccc2c(c1)COC2)c1cc(C)sc1C. The summed E-state index contributed by atoms with van der Waals surface area (Å²) in [6.07, 6.45) is 0. The topological polar surface area (TPSA) is 21.3 Å². The van der Waals surface area contributed by atoms with Crippen LogP contribution in [-0.4, -0.2) is 6.54 Å². The summed E-state index contributed by atoms with van der Waals surface area (Å²) >= 11 is 1.88. The zero-order valence-electron chi connectivity index (χ0n) is 12.3. The van der Waals surface area contributed by atoms with E-state index in [-0.39, 0.29) is 6.04 Å². The lowest BCUT2D eigenvalue weighted by molar-refractivity contribution is 0.134. The van der Waals surface area contributed by atoms with E-state index in [0.29, 0.717) is 0 Å². The maximum atomic E-state index is 5.52. The Morgan fingerprint density at radius 1 is 1.20 bits per heavy atom. The second-order valence-electron chi connectivity index (χ2n) is 5.38. The maximum absolute atomic E-state index is 5.52. The molecule has 20 heavy (non-hydrogen) atoms. The maximum Gasteiger partial charge on any atom is 0.0725 e. The fourth-order valence-corrected chi connectivity index (χ4v) is 3.88. The Balaban J connectivity index is 2.00. The lowest BCUT2D eigenvalue weighted by Crippen LogP contribution is -2.22. The van der Waals surface area contributed by atoms with Gasteiger partial charge in [-0.2, -0.15) is 0 Å². The fraction of sp³-hybridized carbons (Fsp3) is 0.412. The molecule has 1 atom stereocenters. The first-order valence-electron chi connectivity index (χ1n) is 7.18. The highest BCUT2D eigenvalue weighted by molar-refractivity contribution is 7.12. The number of ether oxygens (including phenoxy) is 1. The molecule has 1 aromatic carbocycles. The Labute approximate surface area is 124 Å². The van der Waals surface area contributed by atoms with Crippen LogP contribution in [0.15, 0.2) is 24.3 Å². The van der Waals surface area contributed by atoms with E-state index >= 15 is 0 Å². The number of rotatable bonds is 4. The molecule has 1 unspecified atom stereocenters. The first-order chi connectivity index (χ1) is 9.69. The highest BCUT2D eigenvalue weighted by Crippen LogP contribution is 2.32. The molecule has 0 spiro atoms. The van der Waals surface area contributed by atoms with E-state index in [1.54, 1.807) is 0 Å². The molecule has 1 aliphatic rings. The van der Waals surface area contributed by atoms with Gasteiger partial charge in [0, 0.05) is 9.75 Å². The van der Waals surface area contributed by atoms with E-state index in [9.17, 15) is 0 Å². The molecule has 1 aromatic heterocycles. The van der Waals surface area contributed by atoms with Crippen molar-refractivity contribution >= 4 is 11.3 Å². The molecule has 2 heterocycles. The summed E-state index contributed by atoms with van der Waals surface area (Å²) in [5.41, 5.74) is 5.43. The van der Waals surface area contributed by atoms with E-state index in [1.807, 2.05) is 11.3 Å². The Hall–Kier alpha value is -1.16. The van der Waals surface area contributed by atoms with Crippen LogP contribution < -0.4 is 5.32 Å². The van der Waals surface area contributed by atoms with Crippen LogP contribution in [-0.2, 0) is 18.0 Å². The third-order valence-corrected chi connectivity index (χ3v) is 4.86. The quantitative estimate of drug-likeness (QED) is 0.914. The molecule has 1 aliphatic heterocycles. The van der Waals surface area contributed by atoms with Crippen molar-refractivity contribution in [1.29, 1.82) is 0 Å². The Kier molecular flexibility index (Phi) is 3.92. The third-order valence-electron chi connectivity index (χ3n) is 3.88. The summed E-state index contributed by atoms with van der Waals surface area (Å²) in [7, 11) is 0. The predicted molar refractivity (Wildman–Crippen MR) is 84.2 cm³/mol. The third kappa shape index (κ3) is 2.53. The van der Waals surface area contributed by atoms with Gasteiger partial charge in [0.1, 0.15) is 0 Å². The van der Waals surface area contributed by atoms with E-state index in [2.05, 4.69) is 50.4 Å². The smallest absolute Gasteiger partial charge is 0.0725 e. The molecule has 1 N–H and O–H groups in total. The molecular formula is C17H21NOS. The van der Waals surface area contributed by atoms with Crippen LogP contribution in [0.5, 0.6) is 0 Å². The largest absolute Gasteiger partial charge is 0.372 e. The number of benzene rings is 1. The van der Waals surface area contributed by atoms with Crippen LogP contribution in [0.3, 0.4) is 0 Å². The Bertz CT molecular complexity index is 617. The molecule has 0 amide bonds. The normalized spacial score (nSPS) is 15.3. The number of fused-ring (bicyclic) bond motifs is 1. The van der Waals surface area contributed by atoms with Crippen LogP contribution in [0.4, 0.5) is 0 Å². The highest BCUT2D eigenvalue weighted by Gasteiger charge is 2.19. The van der Waals surface area contributed by atoms with Gasteiger partial charge in [0.05, 0.1) is 19.3 Å². The van der Waals surface area contributed by atoms with E-state index in [4.69, 9.17) is 4.74 Å². The van der Waals surface area contributed by atoms with Crippen LogP contribution >= 0.6 is 11.3 Å². The van der Waals surface area contributed by atoms with Gasteiger partial charge in [-0.05, 0) is 48.7 Å². The summed E-state index contributed by atoms with van der Waals surface area (Å²) in [6, 6.07) is 9.37. The number of thiophene rings is 1. The number of hydrogen-bond donors (Lipinski definition) is 1. The number of aryl methyl sites for hydroxylation is 2. The molecule has 2 nitrogen and oxygen atoms in total. The molecule has 106 valence electrons. The summed E-state index contributed by atoms with van der Waals surface area (Å²) in [4.78, 5) is 2.79. The number of hydrogen-bond acceptors (Lipinski definition) is 3. The molecule has 0 saturated carbocycles. The summed E-state index contributed by atoms with van der Waals surface area (Å²) in [5.74, 6) is 0. The van der Waals surface area contributed by atoms with Crippen LogP contribution in [0.1, 0.15) is 45.0 Å². The molecule has 2 aromatic rings. The number of nitrogens with one attached hydrogen (secondary N) is 1. The monoisotopic (exact) mass is 287 g/mol. The van der Waals surface area contributed by atoms with Crippen LogP contribution in [0, 0.1) is 13.8 Å². The van der Waals surface area contributed by atoms with E-state index in [1.165, 1.54) is 32.0 Å². The van der Waals surface area contributed by atoms with Crippen molar-refractivity contribution in [2.24, 2.45) is 0 Å². The van der Waals surface area contributed by atoms with Gasteiger partial charge in [0.2, 0.25) is 0 Å². The lowest BCUT2D eigenvalue weighted by Gasteiger charge is -2.19. The fourth-order valence-electron chi connectivity index (χ4n) is 2.92. The van der Waals surface area contributed by atoms with Gasteiger partial charge in [-0.15, -0.1) is 11.3 Å². The minimum atomic E-state index is 0.288. The van der Waals surface area contributed by atoms with Crippen molar-refractivity contribution in [1.82, 2.24) is 5.32 Å². The second kappa shape index (κ2) is 5.68. The summed E-state index contributed by atoms with van der Waals surface area (Å²) < 4.78 is 5.52. The zero-order valence-corrected chi connectivity index (χ0v) is 13.1. The van der Waals surface area contributed by atoms with Crippen molar-refractivity contribution < 1.29 is 4.74 Å². The zero-order chi connectivity index (χ0) is 14.1. The summed E-state index contributed by atoms with van der Waals surface area (Å²) in [6.45, 7) is 9.04. The van der Waals surface area contributed by atoms with Gasteiger partial charge in [-0.25, -0.2) is 0 Å². The first kappa shape index (κ1) is 13.8. The molecule has 3 heteroatoms. The van der Waals surface area contributed by atoms with Gasteiger partial charge in [0.25, 0.3) is 0 Å². The van der Waals surface area contributed by atoms with Gasteiger partial charge in [0.15, 0.2) is 0 Å². The Morgan fingerprint density at radius 3 is 2.70 bits per heavy atom. The van der Waals surface area contributed by atoms with Gasteiger partial charge in [-0.1, -0.05) is 25.1 Å². The van der Waals surface area contributed by atoms with Gasteiger partial charge >= 0.3 is 0 Å². The molecule has 0 radical (unpaired) electrons. The molecule has 0 fully saturated rings. The molecule has 0 bridgehead atoms. The first-order valence-corrected chi connectivity index (χ1v) is 8.00. The molecule has 3 rings (SSSR count). The minimum absolute atomic E-state index is 0.288. The van der Waals surface area contributed by atoms with E-state index < -0.39 is 0 Å². The van der Waals surface area contributed by atoms with Crippen molar-refractivity contribution in [3.8, 4) is 0 Å². The van der Waals surface area contributed by atoms with Gasteiger partial charge in [-0.3, -0.25) is 0 Å². The molecular weight excluding hydrogens is 266 g/mol. The summed E-state index contributed by atoms with van der Waals surface area (Å²) in [5, 5.41) is 3.63. The second-order valence-corrected chi connectivity index (χ2v) is 6.84. The van der Waals surface area contributed by atoms with Crippen molar-refractivity contribution in [2.45, 2.75) is 40.0 Å². The van der Waals surface area contributed by atoms with E-state index in [0.717, 1.165) is 19.8 Å². The predicted octanol–water partition coefficient (Wildman–Crippen LogP) is 4.09. The minimum Gasteiger partial charge on any atom is -0.372 e. The Morgan fingerprint density at radius 2 is 2.00 bits per heavy atom. The average molecular weight is 287 g/mol. The highest BCUT2D eigenvalue weighted by atomic mass is 32.1. The van der Waals surface area contributed by atoms with Crippen LogP contribution in [0.25, 0.3) is 0 Å². The lowest BCUT2D eigenvalue weighted by atomic mass is 9.96. The molecule has 0 aliphatic carbocycles.